The van der Waals surface area contributed by atoms with Gasteiger partial charge in [-0.2, -0.15) is 4.31 Å². The highest BCUT2D eigenvalue weighted by molar-refractivity contribution is 9.10. The molecular formula is C17H16BrF2N3O6S2. The van der Waals surface area contributed by atoms with E-state index >= 15 is 0 Å². The number of rotatable bonds is 6. The van der Waals surface area contributed by atoms with Crippen molar-refractivity contribution in [2.45, 2.75) is 9.79 Å². The van der Waals surface area contributed by atoms with Gasteiger partial charge in [0.15, 0.2) is 0 Å². The van der Waals surface area contributed by atoms with Crippen molar-refractivity contribution in [3.8, 4) is 0 Å². The van der Waals surface area contributed by atoms with Gasteiger partial charge in [0.1, 0.15) is 16.5 Å². The highest BCUT2D eigenvalue weighted by atomic mass is 79.9. The number of morpholine rings is 1. The highest BCUT2D eigenvalue weighted by Gasteiger charge is 2.28. The normalized spacial score (nSPS) is 15.6. The first kappa shape index (κ1) is 23.7. The number of benzene rings is 2. The standard InChI is InChI=1S/C17H16BrF2N3O6S2/c18-14-9-12(19)10-15(20)16(14)30(25,26)22-21-17(24)11-2-1-3-13(8-11)31(27,28)23-4-6-29-7-5-23/h1-3,8-10,22H,4-7H2,(H,21,24). The smallest absolute Gasteiger partial charge is 0.266 e. The van der Waals surface area contributed by atoms with Crippen molar-refractivity contribution in [3.63, 3.8) is 0 Å². The minimum atomic E-state index is -4.61. The molecule has 2 aromatic rings. The summed E-state index contributed by atoms with van der Waals surface area (Å²) in [6.07, 6.45) is 0. The number of nitrogens with one attached hydrogen (secondary N) is 2. The molecule has 0 atom stereocenters. The van der Waals surface area contributed by atoms with Crippen molar-refractivity contribution in [2.24, 2.45) is 0 Å². The second-order valence-corrected chi connectivity index (χ2v) is 10.7. The third-order valence-corrected chi connectivity index (χ3v) is 8.34. The first-order valence-corrected chi connectivity index (χ1v) is 12.4. The number of halogens is 3. The van der Waals surface area contributed by atoms with E-state index in [0.29, 0.717) is 6.07 Å². The Hall–Kier alpha value is -1.97. The topological polar surface area (TPSA) is 122 Å². The lowest BCUT2D eigenvalue weighted by Crippen LogP contribution is -2.42. The summed E-state index contributed by atoms with van der Waals surface area (Å²) in [5, 5.41) is 0. The number of carbonyl (C=O) groups is 1. The van der Waals surface area contributed by atoms with Gasteiger partial charge in [0.05, 0.1) is 18.1 Å². The summed E-state index contributed by atoms with van der Waals surface area (Å²) in [5.74, 6) is -3.35. The number of hydrogen-bond acceptors (Lipinski definition) is 6. The molecule has 1 amide bonds. The summed E-state index contributed by atoms with van der Waals surface area (Å²) in [6, 6.07) is 6.11. The van der Waals surface area contributed by atoms with Gasteiger partial charge in [0.25, 0.3) is 15.9 Å². The average molecular weight is 540 g/mol. The zero-order chi connectivity index (χ0) is 22.8. The molecule has 0 aromatic heterocycles. The molecule has 2 aromatic carbocycles. The van der Waals surface area contributed by atoms with E-state index in [1.807, 2.05) is 5.43 Å². The number of amides is 1. The van der Waals surface area contributed by atoms with Gasteiger partial charge in [-0.1, -0.05) is 6.07 Å². The van der Waals surface area contributed by atoms with Gasteiger partial charge in [-0.15, -0.1) is 4.83 Å². The molecule has 2 N–H and O–H groups in total. The predicted octanol–water partition coefficient (Wildman–Crippen LogP) is 1.37. The van der Waals surface area contributed by atoms with Crippen LogP contribution in [0.25, 0.3) is 0 Å². The fraction of sp³-hybridized carbons (Fsp3) is 0.235. The molecule has 9 nitrogen and oxygen atoms in total. The van der Waals surface area contributed by atoms with Crippen molar-refractivity contribution < 1.29 is 35.1 Å². The maximum Gasteiger partial charge on any atom is 0.266 e. The second-order valence-electron chi connectivity index (χ2n) is 6.30. The Bertz CT molecular complexity index is 1200. The molecule has 0 aliphatic carbocycles. The molecule has 0 saturated carbocycles. The fourth-order valence-electron chi connectivity index (χ4n) is 2.76. The number of sulfonamides is 2. The Labute approximate surface area is 185 Å². The van der Waals surface area contributed by atoms with Crippen molar-refractivity contribution in [1.29, 1.82) is 0 Å². The van der Waals surface area contributed by atoms with Gasteiger partial charge in [0, 0.05) is 29.2 Å². The van der Waals surface area contributed by atoms with E-state index in [-0.39, 0.29) is 41.2 Å². The number of hydrazine groups is 1. The summed E-state index contributed by atoms with van der Waals surface area (Å²) in [7, 11) is -8.48. The Morgan fingerprint density at radius 3 is 2.39 bits per heavy atom. The van der Waals surface area contributed by atoms with E-state index < -0.39 is 42.5 Å². The van der Waals surface area contributed by atoms with Crippen LogP contribution < -0.4 is 10.3 Å². The quantitative estimate of drug-likeness (QED) is 0.534. The lowest BCUT2D eigenvalue weighted by atomic mass is 10.2. The number of ether oxygens (including phenoxy) is 1. The molecule has 1 fully saturated rings. The van der Waals surface area contributed by atoms with Crippen molar-refractivity contribution in [1.82, 2.24) is 14.6 Å². The largest absolute Gasteiger partial charge is 0.379 e. The summed E-state index contributed by atoms with van der Waals surface area (Å²) in [5.41, 5.74) is 1.72. The lowest BCUT2D eigenvalue weighted by molar-refractivity contribution is 0.0730. The molecule has 31 heavy (non-hydrogen) atoms. The molecule has 168 valence electrons. The van der Waals surface area contributed by atoms with Crippen LogP contribution in [0.2, 0.25) is 0 Å². The van der Waals surface area contributed by atoms with Crippen LogP contribution in [0.3, 0.4) is 0 Å². The van der Waals surface area contributed by atoms with Crippen LogP contribution >= 0.6 is 15.9 Å². The first-order chi connectivity index (χ1) is 14.5. The van der Waals surface area contributed by atoms with Gasteiger partial charge in [-0.05, 0) is 40.2 Å². The van der Waals surface area contributed by atoms with Crippen LogP contribution in [0.4, 0.5) is 8.78 Å². The van der Waals surface area contributed by atoms with Crippen molar-refractivity contribution in [3.05, 3.63) is 58.1 Å². The third-order valence-electron chi connectivity index (χ3n) is 4.23. The van der Waals surface area contributed by atoms with Gasteiger partial charge >= 0.3 is 0 Å². The third kappa shape index (κ3) is 5.27. The Morgan fingerprint density at radius 2 is 1.74 bits per heavy atom. The van der Waals surface area contributed by atoms with E-state index in [1.165, 1.54) is 22.5 Å². The summed E-state index contributed by atoms with van der Waals surface area (Å²) in [6.45, 7) is 0.820. The SMILES string of the molecule is O=C(NNS(=O)(=O)c1c(F)cc(F)cc1Br)c1cccc(S(=O)(=O)N2CCOCC2)c1. The maximum atomic E-state index is 13.9. The van der Waals surface area contributed by atoms with Crippen molar-refractivity contribution in [2.75, 3.05) is 26.3 Å². The van der Waals surface area contributed by atoms with Crippen LogP contribution in [-0.2, 0) is 24.8 Å². The molecule has 1 aliphatic rings. The summed E-state index contributed by atoms with van der Waals surface area (Å²) < 4.78 is 83.2. The molecule has 1 saturated heterocycles. The van der Waals surface area contributed by atoms with Crippen LogP contribution in [0, 0.1) is 11.6 Å². The molecule has 0 bridgehead atoms. The zero-order valence-corrected chi connectivity index (χ0v) is 18.9. The number of nitrogens with zero attached hydrogens (tertiary/aromatic N) is 1. The molecule has 3 rings (SSSR count). The average Bonchev–Trinajstić information content (AvgIpc) is 2.72. The van der Waals surface area contributed by atoms with E-state index in [0.717, 1.165) is 12.1 Å². The second kappa shape index (κ2) is 9.26. The monoisotopic (exact) mass is 539 g/mol. The molecule has 1 heterocycles. The van der Waals surface area contributed by atoms with E-state index in [2.05, 4.69) is 15.9 Å². The Balaban J connectivity index is 1.78. The molecule has 0 radical (unpaired) electrons. The Morgan fingerprint density at radius 1 is 1.06 bits per heavy atom. The minimum absolute atomic E-state index is 0.155. The molecular weight excluding hydrogens is 524 g/mol. The number of carbonyl (C=O) groups excluding carboxylic acids is 1. The lowest BCUT2D eigenvalue weighted by Gasteiger charge is -2.26. The Kier molecular flexibility index (Phi) is 7.08. The van der Waals surface area contributed by atoms with E-state index in [4.69, 9.17) is 4.74 Å². The molecule has 0 spiro atoms. The van der Waals surface area contributed by atoms with Crippen molar-refractivity contribution >= 4 is 41.9 Å². The van der Waals surface area contributed by atoms with E-state index in [1.54, 1.807) is 4.83 Å². The van der Waals surface area contributed by atoms with Gasteiger partial charge in [-0.25, -0.2) is 25.6 Å². The van der Waals surface area contributed by atoms with Crippen LogP contribution in [0.5, 0.6) is 0 Å². The number of hydrogen-bond donors (Lipinski definition) is 2. The zero-order valence-electron chi connectivity index (χ0n) is 15.6. The maximum absolute atomic E-state index is 13.9. The van der Waals surface area contributed by atoms with E-state index in [9.17, 15) is 30.4 Å². The summed E-state index contributed by atoms with van der Waals surface area (Å²) in [4.78, 5) is 13.0. The molecule has 14 heteroatoms. The minimum Gasteiger partial charge on any atom is -0.379 e. The molecule has 1 aliphatic heterocycles. The van der Waals surface area contributed by atoms with Gasteiger partial charge < -0.3 is 4.74 Å². The van der Waals surface area contributed by atoms with Crippen LogP contribution in [0.1, 0.15) is 10.4 Å². The van der Waals surface area contributed by atoms with Crippen LogP contribution in [0.15, 0.2) is 50.7 Å². The van der Waals surface area contributed by atoms with Gasteiger partial charge in [0.2, 0.25) is 10.0 Å². The predicted molar refractivity (Wildman–Crippen MR) is 108 cm³/mol. The fourth-order valence-corrected chi connectivity index (χ4v) is 6.22. The summed E-state index contributed by atoms with van der Waals surface area (Å²) >= 11 is 2.76. The first-order valence-electron chi connectivity index (χ1n) is 8.67. The highest BCUT2D eigenvalue weighted by Crippen LogP contribution is 2.26. The van der Waals surface area contributed by atoms with Crippen LogP contribution in [-0.4, -0.2) is 53.4 Å². The van der Waals surface area contributed by atoms with Gasteiger partial charge in [-0.3, -0.25) is 10.2 Å². The molecule has 0 unspecified atom stereocenters.